The minimum absolute atomic E-state index is 0.0388. The zero-order valence-corrected chi connectivity index (χ0v) is 22.4. The van der Waals surface area contributed by atoms with Crippen LogP contribution in [0.25, 0.3) is 0 Å². The number of morpholine rings is 1. The summed E-state index contributed by atoms with van der Waals surface area (Å²) in [6, 6.07) is -1.31. The van der Waals surface area contributed by atoms with E-state index in [0.717, 1.165) is 13.2 Å². The number of piperidine rings is 1. The molecule has 4 unspecified atom stereocenters. The quantitative estimate of drug-likeness (QED) is 0.280. The maximum Gasteiger partial charge on any atom is 0.338 e. The Bertz CT molecular complexity index is 1390. The first-order valence-corrected chi connectivity index (χ1v) is 13.4. The van der Waals surface area contributed by atoms with Gasteiger partial charge in [0.25, 0.3) is 5.92 Å². The summed E-state index contributed by atoms with van der Waals surface area (Å²) in [7, 11) is 1.12. The van der Waals surface area contributed by atoms with Gasteiger partial charge in [-0.25, -0.2) is 27.3 Å². The van der Waals surface area contributed by atoms with Gasteiger partial charge in [-0.2, -0.15) is 0 Å². The summed E-state index contributed by atoms with van der Waals surface area (Å²) in [5.41, 5.74) is -0.0454. The SMILES string of the molecule is COC(=O)C1=C(CN2C3COCC2C(F)(F)C(CC(=O)O)C3)NC(c2nccs2)=NC1c1ccc(F)c(F)c1Cl. The summed E-state index contributed by atoms with van der Waals surface area (Å²) in [5, 5.41) is 13.7. The fraction of sp³-hybridized carbons (Fsp3) is 0.440. The van der Waals surface area contributed by atoms with Crippen LogP contribution in [-0.4, -0.2) is 77.6 Å². The molecule has 0 saturated carbocycles. The Kier molecular flexibility index (Phi) is 7.88. The first-order chi connectivity index (χ1) is 19.0. The lowest BCUT2D eigenvalue weighted by molar-refractivity contribution is -0.219. The first-order valence-electron chi connectivity index (χ1n) is 12.1. The highest BCUT2D eigenvalue weighted by atomic mass is 35.5. The number of ether oxygens (including phenoxy) is 2. The van der Waals surface area contributed by atoms with Crippen LogP contribution in [0.5, 0.6) is 0 Å². The number of aliphatic imine (C=N–C) groups is 1. The molecule has 2 bridgehead atoms. The van der Waals surface area contributed by atoms with Gasteiger partial charge < -0.3 is 19.9 Å². The van der Waals surface area contributed by atoms with E-state index in [-0.39, 0.29) is 48.8 Å². The molecular weight excluding hydrogens is 580 g/mol. The van der Waals surface area contributed by atoms with Crippen molar-refractivity contribution in [2.24, 2.45) is 10.9 Å². The second-order valence-corrected chi connectivity index (χ2v) is 10.8. The number of thiazole rings is 1. The number of nitrogens with zero attached hydrogens (tertiary/aromatic N) is 3. The van der Waals surface area contributed by atoms with Gasteiger partial charge >= 0.3 is 11.9 Å². The van der Waals surface area contributed by atoms with E-state index in [0.29, 0.717) is 5.01 Å². The molecule has 0 spiro atoms. The summed E-state index contributed by atoms with van der Waals surface area (Å²) in [6.45, 7) is -0.512. The van der Waals surface area contributed by atoms with E-state index in [4.69, 9.17) is 21.1 Å². The predicted octanol–water partition coefficient (Wildman–Crippen LogP) is 3.79. The molecule has 4 heterocycles. The number of carbonyl (C=O) groups excluding carboxylic acids is 1. The zero-order chi connectivity index (χ0) is 28.8. The molecule has 4 atom stereocenters. The van der Waals surface area contributed by atoms with E-state index in [1.54, 1.807) is 5.38 Å². The van der Waals surface area contributed by atoms with Crippen molar-refractivity contribution in [3.05, 3.63) is 62.2 Å². The number of benzene rings is 1. The van der Waals surface area contributed by atoms with Gasteiger partial charge in [0, 0.05) is 41.3 Å². The molecule has 0 radical (unpaired) electrons. The Labute approximate surface area is 234 Å². The van der Waals surface area contributed by atoms with Crippen LogP contribution in [0.4, 0.5) is 17.6 Å². The fourth-order valence-electron chi connectivity index (χ4n) is 5.40. The number of alkyl halides is 2. The predicted molar refractivity (Wildman–Crippen MR) is 135 cm³/mol. The van der Waals surface area contributed by atoms with Crippen LogP contribution in [0.1, 0.15) is 29.5 Å². The molecule has 40 heavy (non-hydrogen) atoms. The monoisotopic (exact) mass is 602 g/mol. The number of fused-ring (bicyclic) bond motifs is 2. The normalized spacial score (nSPS) is 26.2. The van der Waals surface area contributed by atoms with Crippen LogP contribution in [0, 0.1) is 17.6 Å². The maximum atomic E-state index is 15.6. The maximum absolute atomic E-state index is 15.6. The minimum Gasteiger partial charge on any atom is -0.481 e. The molecule has 9 nitrogen and oxygen atoms in total. The number of aliphatic carboxylic acids is 1. The Balaban J connectivity index is 1.61. The number of esters is 1. The topological polar surface area (TPSA) is 113 Å². The zero-order valence-electron chi connectivity index (χ0n) is 20.9. The molecule has 1 aromatic carbocycles. The standard InChI is InChI=1S/C25H23ClF4N4O5S/c1-38-24(37)18-15(8-34-12-6-11(7-17(35)36)25(29,30)16(34)10-39-9-12)32-22(23-31-4-5-40-23)33-21(18)13-2-3-14(27)20(28)19(13)26/h2-5,11-12,16,21H,6-10H2,1H3,(H,32,33)(H,35,36). The Morgan fingerprint density at radius 2 is 2.10 bits per heavy atom. The summed E-state index contributed by atoms with van der Waals surface area (Å²) in [4.78, 5) is 34.7. The lowest BCUT2D eigenvalue weighted by atomic mass is 9.79. The Morgan fingerprint density at radius 1 is 1.32 bits per heavy atom. The molecule has 2 N–H and O–H groups in total. The van der Waals surface area contributed by atoms with E-state index in [9.17, 15) is 23.5 Å². The summed E-state index contributed by atoms with van der Waals surface area (Å²) < 4.78 is 70.0. The highest BCUT2D eigenvalue weighted by Gasteiger charge is 2.58. The number of hydrogen-bond donors (Lipinski definition) is 2. The van der Waals surface area contributed by atoms with Gasteiger partial charge in [-0.15, -0.1) is 11.3 Å². The third-order valence-electron chi connectivity index (χ3n) is 7.29. The van der Waals surface area contributed by atoms with Crippen molar-refractivity contribution < 1.29 is 41.7 Å². The molecule has 15 heteroatoms. The van der Waals surface area contributed by atoms with E-state index in [2.05, 4.69) is 15.3 Å². The van der Waals surface area contributed by atoms with Crippen molar-refractivity contribution in [3.63, 3.8) is 0 Å². The van der Waals surface area contributed by atoms with Crippen molar-refractivity contribution in [2.75, 3.05) is 26.9 Å². The van der Waals surface area contributed by atoms with E-state index in [1.807, 2.05) is 0 Å². The van der Waals surface area contributed by atoms with Crippen LogP contribution >= 0.6 is 22.9 Å². The number of nitrogens with one attached hydrogen (secondary N) is 1. The molecule has 214 valence electrons. The number of carboxylic acid groups (broad SMARTS) is 1. The molecule has 5 rings (SSSR count). The second-order valence-electron chi connectivity index (χ2n) is 9.58. The molecule has 0 aliphatic carbocycles. The number of methoxy groups -OCH3 is 1. The largest absolute Gasteiger partial charge is 0.481 e. The second kappa shape index (κ2) is 11.1. The number of aromatic nitrogens is 1. The third kappa shape index (κ3) is 5.08. The number of hydrogen-bond acceptors (Lipinski definition) is 9. The van der Waals surface area contributed by atoms with Crippen LogP contribution in [-0.2, 0) is 19.1 Å². The molecule has 1 aromatic heterocycles. The number of amidine groups is 1. The molecule has 3 aliphatic rings. The highest BCUT2D eigenvalue weighted by Crippen LogP contribution is 2.45. The first kappa shape index (κ1) is 28.5. The number of halogens is 5. The van der Waals surface area contributed by atoms with Gasteiger partial charge in [-0.1, -0.05) is 17.7 Å². The van der Waals surface area contributed by atoms with E-state index >= 15 is 8.78 Å². The third-order valence-corrected chi connectivity index (χ3v) is 8.45. The lowest BCUT2D eigenvalue weighted by Crippen LogP contribution is -2.67. The van der Waals surface area contributed by atoms with Crippen molar-refractivity contribution in [1.82, 2.24) is 15.2 Å². The summed E-state index contributed by atoms with van der Waals surface area (Å²) in [6.07, 6.45) is 0.667. The average Bonchev–Trinajstić information content (AvgIpc) is 3.45. The molecule has 2 fully saturated rings. The fourth-order valence-corrected chi connectivity index (χ4v) is 6.25. The lowest BCUT2D eigenvalue weighted by Gasteiger charge is -2.52. The van der Waals surface area contributed by atoms with Gasteiger partial charge in [0.1, 0.15) is 6.04 Å². The van der Waals surface area contributed by atoms with Crippen LogP contribution in [0.3, 0.4) is 0 Å². The van der Waals surface area contributed by atoms with Crippen molar-refractivity contribution in [2.45, 2.75) is 36.9 Å². The van der Waals surface area contributed by atoms with E-state index < -0.39 is 65.0 Å². The van der Waals surface area contributed by atoms with Crippen LogP contribution in [0.15, 0.2) is 40.0 Å². The van der Waals surface area contributed by atoms with Gasteiger partial charge in [-0.3, -0.25) is 14.7 Å². The van der Waals surface area contributed by atoms with Gasteiger partial charge in [0.2, 0.25) is 0 Å². The molecular formula is C25H23ClF4N4O5S. The van der Waals surface area contributed by atoms with E-state index in [1.165, 1.54) is 28.5 Å². The Morgan fingerprint density at radius 3 is 2.77 bits per heavy atom. The number of carbonyl (C=O) groups is 2. The van der Waals surface area contributed by atoms with Crippen molar-refractivity contribution >= 4 is 40.7 Å². The van der Waals surface area contributed by atoms with Gasteiger partial charge in [0.05, 0.1) is 43.4 Å². The number of carboxylic acids is 1. The molecule has 0 amide bonds. The van der Waals surface area contributed by atoms with Crippen molar-refractivity contribution in [1.29, 1.82) is 0 Å². The Hall–Kier alpha value is -3.07. The molecule has 2 saturated heterocycles. The average molecular weight is 603 g/mol. The highest BCUT2D eigenvalue weighted by molar-refractivity contribution is 7.11. The van der Waals surface area contributed by atoms with Crippen LogP contribution < -0.4 is 5.32 Å². The number of rotatable bonds is 7. The summed E-state index contributed by atoms with van der Waals surface area (Å²) >= 11 is 7.37. The molecule has 3 aliphatic heterocycles. The minimum atomic E-state index is -3.41. The van der Waals surface area contributed by atoms with Gasteiger partial charge in [0.15, 0.2) is 22.5 Å². The van der Waals surface area contributed by atoms with Crippen LogP contribution in [0.2, 0.25) is 5.02 Å². The summed E-state index contributed by atoms with van der Waals surface area (Å²) in [5.74, 6) is -9.38. The van der Waals surface area contributed by atoms with Crippen molar-refractivity contribution in [3.8, 4) is 0 Å². The molecule has 2 aromatic rings. The smallest absolute Gasteiger partial charge is 0.338 e. The van der Waals surface area contributed by atoms with Gasteiger partial charge in [-0.05, 0) is 12.5 Å².